The molecule has 2 unspecified atom stereocenters. The standard InChI is InChI=1S/C40H32N2O3/c1-27(43)28-12-16-32(17-13-28)41(30-8-4-2-5-9-30)34-20-22-36-37-23-21-35(25-39(37)45-38(36)24-34)42(31-10-6-3-7-11-31)33-18-14-29(15-19-33)40-26-44-40/h2-25,27,40,43H,26H2,1H3. The first-order valence-corrected chi connectivity index (χ1v) is 15.3. The number of fused-ring (bicyclic) bond motifs is 3. The molecule has 0 radical (unpaired) electrons. The van der Waals surface area contributed by atoms with E-state index in [9.17, 15) is 5.11 Å². The zero-order valence-corrected chi connectivity index (χ0v) is 24.9. The van der Waals surface area contributed by atoms with Crippen molar-refractivity contribution in [3.63, 3.8) is 0 Å². The maximum absolute atomic E-state index is 10.1. The minimum absolute atomic E-state index is 0.224. The van der Waals surface area contributed by atoms with Gasteiger partial charge < -0.3 is 24.1 Å². The summed E-state index contributed by atoms with van der Waals surface area (Å²) >= 11 is 0. The monoisotopic (exact) mass is 588 g/mol. The first-order chi connectivity index (χ1) is 22.1. The molecule has 0 bridgehead atoms. The fraction of sp³-hybridized carbons (Fsp3) is 0.100. The fourth-order valence-electron chi connectivity index (χ4n) is 6.06. The molecule has 5 heteroatoms. The molecule has 1 aromatic heterocycles. The molecule has 0 spiro atoms. The van der Waals surface area contributed by atoms with Gasteiger partial charge in [0, 0.05) is 57.0 Å². The van der Waals surface area contributed by atoms with E-state index in [2.05, 4.69) is 107 Å². The quantitative estimate of drug-likeness (QED) is 0.179. The van der Waals surface area contributed by atoms with E-state index in [1.807, 2.05) is 48.5 Å². The lowest BCUT2D eigenvalue weighted by Crippen LogP contribution is -2.09. The van der Waals surface area contributed by atoms with Crippen molar-refractivity contribution >= 4 is 56.1 Å². The summed E-state index contributed by atoms with van der Waals surface area (Å²) in [5.74, 6) is 0. The summed E-state index contributed by atoms with van der Waals surface area (Å²) in [6.45, 7) is 2.58. The van der Waals surface area contributed by atoms with Gasteiger partial charge in [-0.25, -0.2) is 0 Å². The lowest BCUT2D eigenvalue weighted by atomic mass is 10.1. The largest absolute Gasteiger partial charge is 0.456 e. The second-order valence-electron chi connectivity index (χ2n) is 11.5. The molecule has 0 amide bonds. The summed E-state index contributed by atoms with van der Waals surface area (Å²) in [4.78, 5) is 4.46. The van der Waals surface area contributed by atoms with Crippen LogP contribution in [0.25, 0.3) is 21.9 Å². The molecule has 7 aromatic rings. The lowest BCUT2D eigenvalue weighted by Gasteiger charge is -2.25. The maximum Gasteiger partial charge on any atom is 0.137 e. The molecule has 220 valence electrons. The van der Waals surface area contributed by atoms with E-state index in [-0.39, 0.29) is 6.10 Å². The number of aliphatic hydroxyl groups excluding tert-OH is 1. The highest BCUT2D eigenvalue weighted by atomic mass is 16.6. The van der Waals surface area contributed by atoms with Gasteiger partial charge in [-0.15, -0.1) is 0 Å². The average Bonchev–Trinajstić information content (AvgIpc) is 3.87. The number of epoxide rings is 1. The summed E-state index contributed by atoms with van der Waals surface area (Å²) in [5.41, 5.74) is 9.94. The van der Waals surface area contributed by atoms with Gasteiger partial charge in [0.05, 0.1) is 12.7 Å². The van der Waals surface area contributed by atoms with E-state index in [1.54, 1.807) is 6.92 Å². The average molecular weight is 589 g/mol. The van der Waals surface area contributed by atoms with Crippen LogP contribution in [-0.2, 0) is 4.74 Å². The van der Waals surface area contributed by atoms with Crippen molar-refractivity contribution in [3.8, 4) is 0 Å². The van der Waals surface area contributed by atoms with Crippen LogP contribution < -0.4 is 9.80 Å². The number of hydrogen-bond donors (Lipinski definition) is 1. The molecule has 1 saturated heterocycles. The van der Waals surface area contributed by atoms with Crippen LogP contribution in [0.3, 0.4) is 0 Å². The van der Waals surface area contributed by atoms with E-state index in [1.165, 1.54) is 5.56 Å². The van der Waals surface area contributed by atoms with Crippen LogP contribution in [0, 0.1) is 0 Å². The smallest absolute Gasteiger partial charge is 0.137 e. The molecule has 0 saturated carbocycles. The van der Waals surface area contributed by atoms with Crippen molar-refractivity contribution in [2.24, 2.45) is 0 Å². The second kappa shape index (κ2) is 11.3. The van der Waals surface area contributed by atoms with E-state index in [0.29, 0.717) is 0 Å². The maximum atomic E-state index is 10.1. The van der Waals surface area contributed by atoms with Gasteiger partial charge in [0.15, 0.2) is 0 Å². The Labute approximate surface area is 262 Å². The molecule has 45 heavy (non-hydrogen) atoms. The second-order valence-corrected chi connectivity index (χ2v) is 11.5. The molecule has 2 atom stereocenters. The molecule has 1 aliphatic rings. The van der Waals surface area contributed by atoms with Crippen molar-refractivity contribution in [1.29, 1.82) is 0 Å². The van der Waals surface area contributed by atoms with E-state index in [0.717, 1.165) is 68.2 Å². The van der Waals surface area contributed by atoms with Crippen molar-refractivity contribution < 1.29 is 14.3 Å². The summed E-state index contributed by atoms with van der Waals surface area (Å²) in [6, 6.07) is 50.2. The molecule has 1 N–H and O–H groups in total. The van der Waals surface area contributed by atoms with Gasteiger partial charge in [-0.05, 0) is 90.8 Å². The van der Waals surface area contributed by atoms with Crippen LogP contribution in [0.2, 0.25) is 0 Å². The number of benzene rings is 6. The zero-order chi connectivity index (χ0) is 30.3. The Morgan fingerprint density at radius 1 is 0.556 bits per heavy atom. The van der Waals surface area contributed by atoms with E-state index >= 15 is 0 Å². The Balaban J connectivity index is 1.21. The van der Waals surface area contributed by atoms with Gasteiger partial charge in [-0.1, -0.05) is 60.7 Å². The molecular formula is C40H32N2O3. The van der Waals surface area contributed by atoms with Crippen LogP contribution in [0.1, 0.15) is 30.3 Å². The SMILES string of the molecule is CC(O)c1ccc(N(c2ccccc2)c2ccc3c(c2)oc2cc(N(c4ccccc4)c4ccc(C5CO5)cc4)ccc23)cc1. The van der Waals surface area contributed by atoms with Gasteiger partial charge >= 0.3 is 0 Å². The molecule has 1 fully saturated rings. The summed E-state index contributed by atoms with van der Waals surface area (Å²) < 4.78 is 12.1. The third kappa shape index (κ3) is 5.22. The number of ether oxygens (including phenoxy) is 1. The number of rotatable bonds is 8. The topological polar surface area (TPSA) is 52.4 Å². The molecule has 5 nitrogen and oxygen atoms in total. The van der Waals surface area contributed by atoms with Gasteiger partial charge in [0.25, 0.3) is 0 Å². The summed E-state index contributed by atoms with van der Waals surface area (Å²) in [5, 5.41) is 12.2. The van der Waals surface area contributed by atoms with Crippen LogP contribution in [0.5, 0.6) is 0 Å². The van der Waals surface area contributed by atoms with Crippen molar-refractivity contribution in [2.45, 2.75) is 19.1 Å². The Hall–Kier alpha value is -5.36. The molecule has 8 rings (SSSR count). The molecule has 1 aliphatic heterocycles. The Bertz CT molecular complexity index is 1940. The van der Waals surface area contributed by atoms with E-state index < -0.39 is 6.10 Å². The first kappa shape index (κ1) is 27.2. The van der Waals surface area contributed by atoms with Gasteiger partial charge in [-0.3, -0.25) is 0 Å². The minimum Gasteiger partial charge on any atom is -0.456 e. The number of para-hydroxylation sites is 2. The predicted octanol–water partition coefficient (Wildman–Crippen LogP) is 10.7. The van der Waals surface area contributed by atoms with Crippen molar-refractivity contribution in [3.05, 3.63) is 157 Å². The number of anilines is 6. The molecule has 2 heterocycles. The molecule has 6 aromatic carbocycles. The third-order valence-corrected chi connectivity index (χ3v) is 8.48. The summed E-state index contributed by atoms with van der Waals surface area (Å²) in [7, 11) is 0. The Morgan fingerprint density at radius 3 is 1.42 bits per heavy atom. The number of aliphatic hydroxyl groups is 1. The highest BCUT2D eigenvalue weighted by Gasteiger charge is 2.25. The molecule has 0 aliphatic carbocycles. The van der Waals surface area contributed by atoms with E-state index in [4.69, 9.17) is 9.15 Å². The zero-order valence-electron chi connectivity index (χ0n) is 24.9. The van der Waals surface area contributed by atoms with Crippen molar-refractivity contribution in [2.75, 3.05) is 16.4 Å². The van der Waals surface area contributed by atoms with Crippen LogP contribution >= 0.6 is 0 Å². The van der Waals surface area contributed by atoms with Crippen LogP contribution in [-0.4, -0.2) is 11.7 Å². The molecular weight excluding hydrogens is 556 g/mol. The highest BCUT2D eigenvalue weighted by molar-refractivity contribution is 6.07. The number of nitrogens with zero attached hydrogens (tertiary/aromatic N) is 2. The van der Waals surface area contributed by atoms with Crippen molar-refractivity contribution in [1.82, 2.24) is 0 Å². The van der Waals surface area contributed by atoms with Gasteiger partial charge in [0.1, 0.15) is 17.3 Å². The van der Waals surface area contributed by atoms with Crippen LogP contribution in [0.4, 0.5) is 34.1 Å². The third-order valence-electron chi connectivity index (χ3n) is 8.48. The lowest BCUT2D eigenvalue weighted by molar-refractivity contribution is 0.199. The minimum atomic E-state index is -0.518. The Morgan fingerprint density at radius 2 is 0.978 bits per heavy atom. The van der Waals surface area contributed by atoms with Gasteiger partial charge in [-0.2, -0.15) is 0 Å². The highest BCUT2D eigenvalue weighted by Crippen LogP contribution is 2.42. The first-order valence-electron chi connectivity index (χ1n) is 15.3. The number of furan rings is 1. The summed E-state index contributed by atoms with van der Waals surface area (Å²) in [6.07, 6.45) is -0.294. The predicted molar refractivity (Wildman–Crippen MR) is 182 cm³/mol. The van der Waals surface area contributed by atoms with Gasteiger partial charge in [0.2, 0.25) is 0 Å². The fourth-order valence-corrected chi connectivity index (χ4v) is 6.06. The van der Waals surface area contributed by atoms with Crippen LogP contribution in [0.15, 0.2) is 150 Å². The normalized spacial score (nSPS) is 14.8. The Kier molecular flexibility index (Phi) is 6.82. The number of hydrogen-bond acceptors (Lipinski definition) is 5.